The molecule has 0 aromatic heterocycles. The Morgan fingerprint density at radius 1 is 1.07 bits per heavy atom. The van der Waals surface area contributed by atoms with Crippen molar-refractivity contribution in [3.8, 4) is 0 Å². The van der Waals surface area contributed by atoms with Crippen LogP contribution in [0.5, 0.6) is 0 Å². The van der Waals surface area contributed by atoms with Gasteiger partial charge in [-0.25, -0.2) is 0 Å². The first-order valence-electron chi connectivity index (χ1n) is 5.39. The maximum absolute atomic E-state index is 4.52. The Bertz CT molecular complexity index is 405. The highest BCUT2D eigenvalue weighted by Gasteiger charge is 2.23. The molecule has 1 aromatic carbocycles. The topological polar surface area (TPSA) is 12.4 Å². The average Bonchev–Trinajstić information content (AvgIpc) is 2.67. The molecule has 1 heteroatoms. The van der Waals surface area contributed by atoms with Gasteiger partial charge < -0.3 is 0 Å². The van der Waals surface area contributed by atoms with Crippen molar-refractivity contribution >= 4 is 11.3 Å². The second kappa shape index (κ2) is 3.65. The molecule has 0 fully saturated rings. The van der Waals surface area contributed by atoms with Gasteiger partial charge in [0.2, 0.25) is 0 Å². The van der Waals surface area contributed by atoms with E-state index in [0.29, 0.717) is 0 Å². The Balaban J connectivity index is 2.15. The van der Waals surface area contributed by atoms with E-state index in [2.05, 4.69) is 50.0 Å². The van der Waals surface area contributed by atoms with Crippen molar-refractivity contribution in [1.82, 2.24) is 0 Å². The normalized spacial score (nSPS) is 16.2. The third kappa shape index (κ3) is 2.17. The van der Waals surface area contributed by atoms with Crippen LogP contribution in [0.15, 0.2) is 41.5 Å². The Labute approximate surface area is 91.6 Å². The highest BCUT2D eigenvalue weighted by atomic mass is 14.8. The molecule has 0 N–H and O–H groups in total. The van der Waals surface area contributed by atoms with Gasteiger partial charge in [0, 0.05) is 23.7 Å². The van der Waals surface area contributed by atoms with Gasteiger partial charge >= 0.3 is 0 Å². The van der Waals surface area contributed by atoms with Gasteiger partial charge in [0.1, 0.15) is 0 Å². The Hall–Kier alpha value is -1.37. The summed E-state index contributed by atoms with van der Waals surface area (Å²) in [6, 6.07) is 10.5. The molecule has 0 atom stereocenters. The van der Waals surface area contributed by atoms with Crippen molar-refractivity contribution < 1.29 is 0 Å². The van der Waals surface area contributed by atoms with Crippen LogP contribution in [0.25, 0.3) is 5.57 Å². The van der Waals surface area contributed by atoms with Crippen LogP contribution < -0.4 is 0 Å². The van der Waals surface area contributed by atoms with Crippen molar-refractivity contribution in [2.24, 2.45) is 10.4 Å². The van der Waals surface area contributed by atoms with Crippen molar-refractivity contribution in [2.75, 3.05) is 0 Å². The van der Waals surface area contributed by atoms with Gasteiger partial charge in [-0.05, 0) is 11.1 Å². The number of hydrogen-bond donors (Lipinski definition) is 0. The predicted octanol–water partition coefficient (Wildman–Crippen LogP) is 3.92. The Kier molecular flexibility index (Phi) is 2.47. The molecule has 1 aromatic rings. The van der Waals surface area contributed by atoms with Gasteiger partial charge in [-0.3, -0.25) is 4.99 Å². The van der Waals surface area contributed by atoms with E-state index < -0.39 is 0 Å². The first-order valence-corrected chi connectivity index (χ1v) is 5.39. The van der Waals surface area contributed by atoms with Gasteiger partial charge in [0.15, 0.2) is 0 Å². The summed E-state index contributed by atoms with van der Waals surface area (Å²) >= 11 is 0. The van der Waals surface area contributed by atoms with Gasteiger partial charge in [0.05, 0.1) is 0 Å². The molecule has 15 heavy (non-hydrogen) atoms. The minimum absolute atomic E-state index is 0.188. The molecule has 2 rings (SSSR count). The number of benzene rings is 1. The molecular formula is C14H17N. The van der Waals surface area contributed by atoms with E-state index in [4.69, 9.17) is 0 Å². The summed E-state index contributed by atoms with van der Waals surface area (Å²) in [7, 11) is 0. The molecule has 0 aliphatic carbocycles. The summed E-state index contributed by atoms with van der Waals surface area (Å²) < 4.78 is 0. The maximum Gasteiger partial charge on any atom is 0.0309 e. The summed E-state index contributed by atoms with van der Waals surface area (Å²) in [5.74, 6) is 0. The van der Waals surface area contributed by atoms with Gasteiger partial charge in [-0.15, -0.1) is 0 Å². The number of aliphatic imine (C=N–C) groups is 1. The van der Waals surface area contributed by atoms with Crippen LogP contribution in [0, 0.1) is 5.41 Å². The fourth-order valence-corrected chi connectivity index (χ4v) is 1.72. The van der Waals surface area contributed by atoms with Crippen LogP contribution in [0.2, 0.25) is 0 Å². The number of allylic oxidation sites excluding steroid dienone is 1. The molecular weight excluding hydrogens is 182 g/mol. The molecule has 1 heterocycles. The third-order valence-corrected chi connectivity index (χ3v) is 2.74. The predicted molar refractivity (Wildman–Crippen MR) is 65.9 cm³/mol. The van der Waals surface area contributed by atoms with Crippen molar-refractivity contribution in [3.05, 3.63) is 42.1 Å². The zero-order valence-electron chi connectivity index (χ0n) is 9.62. The molecule has 0 bridgehead atoms. The lowest BCUT2D eigenvalue weighted by atomic mass is 9.86. The molecule has 78 valence electrons. The van der Waals surface area contributed by atoms with Crippen LogP contribution in [0.4, 0.5) is 0 Å². The summed E-state index contributed by atoms with van der Waals surface area (Å²) in [5.41, 5.74) is 4.09. The maximum atomic E-state index is 4.52. The van der Waals surface area contributed by atoms with E-state index in [0.717, 1.165) is 6.42 Å². The molecule has 0 radical (unpaired) electrons. The molecule has 0 spiro atoms. The number of rotatable bonds is 1. The lowest BCUT2D eigenvalue weighted by Crippen LogP contribution is -2.18. The van der Waals surface area contributed by atoms with Crippen molar-refractivity contribution in [3.63, 3.8) is 0 Å². The molecule has 0 saturated carbocycles. The second-order valence-electron chi connectivity index (χ2n) is 5.02. The lowest BCUT2D eigenvalue weighted by Gasteiger charge is -2.18. The minimum atomic E-state index is 0.188. The van der Waals surface area contributed by atoms with E-state index >= 15 is 0 Å². The van der Waals surface area contributed by atoms with E-state index in [1.54, 1.807) is 0 Å². The fraction of sp³-hybridized carbons (Fsp3) is 0.357. The highest BCUT2D eigenvalue weighted by Crippen LogP contribution is 2.30. The molecule has 0 unspecified atom stereocenters. The lowest BCUT2D eigenvalue weighted by molar-refractivity contribution is 0.585. The Morgan fingerprint density at radius 3 is 2.27 bits per heavy atom. The van der Waals surface area contributed by atoms with Crippen LogP contribution in [0.1, 0.15) is 32.8 Å². The summed E-state index contributed by atoms with van der Waals surface area (Å²) in [6.07, 6.45) is 3.00. The van der Waals surface area contributed by atoms with Crippen molar-refractivity contribution in [1.29, 1.82) is 0 Å². The average molecular weight is 199 g/mol. The second-order valence-corrected chi connectivity index (χ2v) is 5.02. The molecule has 1 aliphatic rings. The largest absolute Gasteiger partial charge is 0.264 e. The highest BCUT2D eigenvalue weighted by molar-refractivity contribution is 6.01. The zero-order chi connectivity index (χ0) is 10.9. The summed E-state index contributed by atoms with van der Waals surface area (Å²) in [5, 5.41) is 0. The zero-order valence-corrected chi connectivity index (χ0v) is 9.62. The van der Waals surface area contributed by atoms with Crippen LogP contribution in [-0.2, 0) is 0 Å². The molecule has 1 aliphatic heterocycles. The van der Waals surface area contributed by atoms with Crippen LogP contribution in [0.3, 0.4) is 0 Å². The Morgan fingerprint density at radius 2 is 1.73 bits per heavy atom. The van der Waals surface area contributed by atoms with E-state index in [-0.39, 0.29) is 5.41 Å². The van der Waals surface area contributed by atoms with Gasteiger partial charge in [-0.1, -0.05) is 51.1 Å². The van der Waals surface area contributed by atoms with E-state index in [1.807, 2.05) is 12.3 Å². The third-order valence-electron chi connectivity index (χ3n) is 2.74. The fourth-order valence-electron chi connectivity index (χ4n) is 1.72. The van der Waals surface area contributed by atoms with E-state index in [9.17, 15) is 0 Å². The van der Waals surface area contributed by atoms with Crippen LogP contribution in [-0.4, -0.2) is 5.71 Å². The number of nitrogens with zero attached hydrogens (tertiary/aromatic N) is 1. The number of hydrogen-bond acceptors (Lipinski definition) is 1. The minimum Gasteiger partial charge on any atom is -0.264 e. The first-order chi connectivity index (χ1) is 7.07. The van der Waals surface area contributed by atoms with Gasteiger partial charge in [0.25, 0.3) is 0 Å². The molecule has 0 amide bonds. The monoisotopic (exact) mass is 199 g/mol. The molecule has 1 nitrogen and oxygen atoms in total. The summed E-state index contributed by atoms with van der Waals surface area (Å²) in [4.78, 5) is 4.52. The summed E-state index contributed by atoms with van der Waals surface area (Å²) in [6.45, 7) is 6.65. The van der Waals surface area contributed by atoms with E-state index in [1.165, 1.54) is 16.8 Å². The standard InChI is InChI=1S/C14H17N/c1-14(2,3)13-9-12(10-15-13)11-7-5-4-6-8-11/h4-8,10H,9H2,1-3H3. The molecule has 0 saturated heterocycles. The van der Waals surface area contributed by atoms with Crippen LogP contribution >= 0.6 is 0 Å². The SMILES string of the molecule is CC(C)(C)C1=NC=C(c2ccccc2)C1. The van der Waals surface area contributed by atoms with Crippen molar-refractivity contribution in [2.45, 2.75) is 27.2 Å². The quantitative estimate of drug-likeness (QED) is 0.650. The first kappa shape index (κ1) is 10.2. The van der Waals surface area contributed by atoms with Gasteiger partial charge in [-0.2, -0.15) is 0 Å². The smallest absolute Gasteiger partial charge is 0.0309 e.